The number of ether oxygens (including phenoxy) is 1. The van der Waals surface area contributed by atoms with Crippen LogP contribution in [0.4, 0.5) is 0 Å². The van der Waals surface area contributed by atoms with Crippen molar-refractivity contribution in [3.63, 3.8) is 0 Å². The second-order valence-electron chi connectivity index (χ2n) is 6.01. The van der Waals surface area contributed by atoms with Gasteiger partial charge >= 0.3 is 0 Å². The standard InChI is InChI=1S/C16H22ClN3OS/c17-13-1-5-15(6-2-13)21-12-11-19-7-9-20(10-8-19)16(22)18-14-3-4-14/h1-2,5-6,14H,3-4,7-12H2,(H,18,22)/p+1. The van der Waals surface area contributed by atoms with Gasteiger partial charge in [0.05, 0.1) is 26.2 Å². The van der Waals surface area contributed by atoms with Crippen LogP contribution in [-0.2, 0) is 0 Å². The summed E-state index contributed by atoms with van der Waals surface area (Å²) in [5.74, 6) is 0.886. The molecule has 0 aromatic heterocycles. The third-order valence-corrected chi connectivity index (χ3v) is 4.83. The molecule has 2 N–H and O–H groups in total. The molecule has 1 aliphatic carbocycles. The monoisotopic (exact) mass is 340 g/mol. The molecule has 0 bridgehead atoms. The summed E-state index contributed by atoms with van der Waals surface area (Å²) < 4.78 is 5.77. The van der Waals surface area contributed by atoms with E-state index in [2.05, 4.69) is 10.2 Å². The number of quaternary nitrogens is 1. The van der Waals surface area contributed by atoms with Crippen molar-refractivity contribution >= 4 is 28.9 Å². The van der Waals surface area contributed by atoms with Gasteiger partial charge in [-0.15, -0.1) is 0 Å². The molecule has 4 nitrogen and oxygen atoms in total. The smallest absolute Gasteiger partial charge is 0.169 e. The molecule has 0 spiro atoms. The Morgan fingerprint density at radius 3 is 2.59 bits per heavy atom. The van der Waals surface area contributed by atoms with Gasteiger partial charge in [0.1, 0.15) is 18.9 Å². The summed E-state index contributed by atoms with van der Waals surface area (Å²) in [5.41, 5.74) is 0. The van der Waals surface area contributed by atoms with Crippen LogP contribution >= 0.6 is 23.8 Å². The predicted octanol–water partition coefficient (Wildman–Crippen LogP) is 0.956. The summed E-state index contributed by atoms with van der Waals surface area (Å²) in [6, 6.07) is 8.19. The molecule has 1 saturated heterocycles. The summed E-state index contributed by atoms with van der Waals surface area (Å²) in [4.78, 5) is 3.89. The van der Waals surface area contributed by atoms with Crippen LogP contribution < -0.4 is 15.0 Å². The van der Waals surface area contributed by atoms with Gasteiger partial charge in [0.25, 0.3) is 0 Å². The number of rotatable bonds is 5. The van der Waals surface area contributed by atoms with Crippen molar-refractivity contribution in [2.75, 3.05) is 39.3 Å². The van der Waals surface area contributed by atoms with Crippen molar-refractivity contribution in [3.8, 4) is 5.75 Å². The molecule has 1 heterocycles. The quantitative estimate of drug-likeness (QED) is 0.781. The Morgan fingerprint density at radius 1 is 1.27 bits per heavy atom. The summed E-state index contributed by atoms with van der Waals surface area (Å²) in [6.07, 6.45) is 2.54. The summed E-state index contributed by atoms with van der Waals surface area (Å²) in [6.45, 7) is 6.08. The highest BCUT2D eigenvalue weighted by Crippen LogP contribution is 2.19. The van der Waals surface area contributed by atoms with Crippen LogP contribution in [0.25, 0.3) is 0 Å². The maximum atomic E-state index is 5.86. The molecule has 120 valence electrons. The fourth-order valence-electron chi connectivity index (χ4n) is 2.61. The normalized spacial score (nSPS) is 19.0. The molecule has 1 aromatic rings. The van der Waals surface area contributed by atoms with E-state index in [0.717, 1.165) is 55.2 Å². The zero-order valence-corrected chi connectivity index (χ0v) is 14.3. The van der Waals surface area contributed by atoms with Gasteiger partial charge in [-0.3, -0.25) is 0 Å². The highest BCUT2D eigenvalue weighted by atomic mass is 35.5. The molecule has 2 fully saturated rings. The van der Waals surface area contributed by atoms with Gasteiger partial charge in [0.2, 0.25) is 0 Å². The van der Waals surface area contributed by atoms with Gasteiger partial charge in [-0.05, 0) is 49.3 Å². The first-order valence-electron chi connectivity index (χ1n) is 7.98. The Bertz CT molecular complexity index is 499. The van der Waals surface area contributed by atoms with E-state index in [1.807, 2.05) is 24.3 Å². The number of hydrogen-bond acceptors (Lipinski definition) is 2. The molecule has 6 heteroatoms. The van der Waals surface area contributed by atoms with Crippen LogP contribution in [0.2, 0.25) is 5.02 Å². The average molecular weight is 341 g/mol. The lowest BCUT2D eigenvalue weighted by Gasteiger charge is -2.33. The van der Waals surface area contributed by atoms with E-state index in [9.17, 15) is 0 Å². The lowest BCUT2D eigenvalue weighted by molar-refractivity contribution is -0.903. The molecule has 0 amide bonds. The SMILES string of the molecule is S=C(NC1CC1)N1CC[NH+](CCOc2ccc(Cl)cc2)CC1. The third-order valence-electron chi connectivity index (χ3n) is 4.20. The average Bonchev–Trinajstić information content (AvgIpc) is 3.34. The van der Waals surface area contributed by atoms with Crippen LogP contribution in [-0.4, -0.2) is 55.4 Å². The topological polar surface area (TPSA) is 28.9 Å². The van der Waals surface area contributed by atoms with Gasteiger partial charge in [0.15, 0.2) is 5.11 Å². The Labute approximate surface area is 142 Å². The maximum absolute atomic E-state index is 5.86. The predicted molar refractivity (Wildman–Crippen MR) is 92.8 cm³/mol. The lowest BCUT2D eigenvalue weighted by Crippen LogP contribution is -3.15. The Hall–Kier alpha value is -1.04. The van der Waals surface area contributed by atoms with E-state index >= 15 is 0 Å². The van der Waals surface area contributed by atoms with Crippen LogP contribution in [0.5, 0.6) is 5.75 Å². The molecule has 2 aliphatic rings. The van der Waals surface area contributed by atoms with Gasteiger partial charge < -0.3 is 19.9 Å². The minimum atomic E-state index is 0.644. The van der Waals surface area contributed by atoms with Crippen LogP contribution in [0.15, 0.2) is 24.3 Å². The highest BCUT2D eigenvalue weighted by Gasteiger charge is 2.26. The second kappa shape index (κ2) is 7.49. The molecule has 1 aliphatic heterocycles. The zero-order valence-electron chi connectivity index (χ0n) is 12.7. The largest absolute Gasteiger partial charge is 0.488 e. The molecule has 1 aromatic carbocycles. The van der Waals surface area contributed by atoms with Crippen molar-refractivity contribution in [2.45, 2.75) is 18.9 Å². The van der Waals surface area contributed by atoms with E-state index in [0.29, 0.717) is 6.04 Å². The first-order valence-corrected chi connectivity index (χ1v) is 8.77. The zero-order chi connectivity index (χ0) is 15.4. The third kappa shape index (κ3) is 4.73. The highest BCUT2D eigenvalue weighted by molar-refractivity contribution is 7.80. The summed E-state index contributed by atoms with van der Waals surface area (Å²) >= 11 is 11.3. The second-order valence-corrected chi connectivity index (χ2v) is 6.84. The van der Waals surface area contributed by atoms with Crippen LogP contribution in [0.1, 0.15) is 12.8 Å². The van der Waals surface area contributed by atoms with E-state index in [4.69, 9.17) is 28.6 Å². The number of nitrogens with one attached hydrogen (secondary N) is 2. The van der Waals surface area contributed by atoms with Crippen LogP contribution in [0.3, 0.4) is 0 Å². The molecular weight excluding hydrogens is 318 g/mol. The van der Waals surface area contributed by atoms with Crippen molar-refractivity contribution in [1.29, 1.82) is 0 Å². The molecule has 0 radical (unpaired) electrons. The minimum Gasteiger partial charge on any atom is -0.488 e. The van der Waals surface area contributed by atoms with Crippen molar-refractivity contribution in [3.05, 3.63) is 29.3 Å². The van der Waals surface area contributed by atoms with Gasteiger partial charge in [0, 0.05) is 11.1 Å². The van der Waals surface area contributed by atoms with E-state index in [1.165, 1.54) is 12.8 Å². The number of piperazine rings is 1. The fraction of sp³-hybridized carbons (Fsp3) is 0.562. The first-order chi connectivity index (χ1) is 10.7. The van der Waals surface area contributed by atoms with E-state index in [1.54, 1.807) is 4.90 Å². The molecule has 22 heavy (non-hydrogen) atoms. The van der Waals surface area contributed by atoms with Crippen molar-refractivity contribution < 1.29 is 9.64 Å². The van der Waals surface area contributed by atoms with Crippen molar-refractivity contribution in [1.82, 2.24) is 10.2 Å². The summed E-state index contributed by atoms with van der Waals surface area (Å²) in [5, 5.41) is 5.10. The number of hydrogen-bond donors (Lipinski definition) is 2. The lowest BCUT2D eigenvalue weighted by atomic mass is 10.3. The Kier molecular flexibility index (Phi) is 5.39. The van der Waals surface area contributed by atoms with Gasteiger partial charge in [-0.2, -0.15) is 0 Å². The molecule has 0 unspecified atom stereocenters. The molecule has 0 atom stereocenters. The number of benzene rings is 1. The number of halogens is 1. The van der Waals surface area contributed by atoms with Crippen molar-refractivity contribution in [2.24, 2.45) is 0 Å². The van der Waals surface area contributed by atoms with Crippen LogP contribution in [0, 0.1) is 0 Å². The fourth-order valence-corrected chi connectivity index (χ4v) is 3.09. The Morgan fingerprint density at radius 2 is 1.95 bits per heavy atom. The Balaban J connectivity index is 1.33. The van der Waals surface area contributed by atoms with Gasteiger partial charge in [-0.1, -0.05) is 11.6 Å². The molecule has 1 saturated carbocycles. The minimum absolute atomic E-state index is 0.644. The number of nitrogens with zero attached hydrogens (tertiary/aromatic N) is 1. The molecular formula is C16H23ClN3OS+. The maximum Gasteiger partial charge on any atom is 0.169 e. The molecule has 3 rings (SSSR count). The first kappa shape index (κ1) is 15.8. The van der Waals surface area contributed by atoms with Gasteiger partial charge in [-0.25, -0.2) is 0 Å². The summed E-state index contributed by atoms with van der Waals surface area (Å²) in [7, 11) is 0. The number of thiocarbonyl (C=S) groups is 1. The van der Waals surface area contributed by atoms with E-state index < -0.39 is 0 Å². The van der Waals surface area contributed by atoms with E-state index in [-0.39, 0.29) is 0 Å².